The van der Waals surface area contributed by atoms with Crippen LogP contribution in [0.4, 0.5) is 10.1 Å². The van der Waals surface area contributed by atoms with Gasteiger partial charge in [0.2, 0.25) is 0 Å². The van der Waals surface area contributed by atoms with Crippen molar-refractivity contribution in [2.45, 2.75) is 39.0 Å². The minimum Gasteiger partial charge on any atom is -0.507 e. The lowest BCUT2D eigenvalue weighted by atomic mass is 9.70. The Bertz CT molecular complexity index is 716. The lowest BCUT2D eigenvalue weighted by Crippen LogP contribution is -2.23. The Morgan fingerprint density at radius 3 is 2.42 bits per heavy atom. The van der Waals surface area contributed by atoms with E-state index in [1.807, 2.05) is 30.3 Å². The largest absolute Gasteiger partial charge is 0.507 e. The summed E-state index contributed by atoms with van der Waals surface area (Å²) in [5, 5.41) is 10.7. The standard InChI is InChI=1S/C21H24FNO/c1-14-7-6-8-15(2)20(14)19-12-17(22)11-16(21(19)24)13-23-18-9-4-3-5-10-18/h3-5,9-15,20,24H,6-8H2,1-2H3. The van der Waals surface area contributed by atoms with Crippen LogP contribution < -0.4 is 0 Å². The number of aliphatic imine (C=N–C) groups is 1. The highest BCUT2D eigenvalue weighted by molar-refractivity contribution is 5.86. The van der Waals surface area contributed by atoms with Crippen LogP contribution in [-0.4, -0.2) is 11.3 Å². The molecule has 1 fully saturated rings. The van der Waals surface area contributed by atoms with Gasteiger partial charge >= 0.3 is 0 Å². The fourth-order valence-electron chi connectivity index (χ4n) is 3.95. The Morgan fingerprint density at radius 2 is 1.75 bits per heavy atom. The summed E-state index contributed by atoms with van der Waals surface area (Å²) in [6.45, 7) is 4.39. The molecule has 2 atom stereocenters. The Morgan fingerprint density at radius 1 is 1.08 bits per heavy atom. The van der Waals surface area contributed by atoms with Crippen LogP contribution in [0.15, 0.2) is 47.5 Å². The van der Waals surface area contributed by atoms with Crippen molar-refractivity contribution in [3.63, 3.8) is 0 Å². The molecule has 1 aliphatic carbocycles. The van der Waals surface area contributed by atoms with Gasteiger partial charge in [-0.3, -0.25) is 4.99 Å². The molecule has 2 nitrogen and oxygen atoms in total. The van der Waals surface area contributed by atoms with Crippen molar-refractivity contribution in [3.05, 3.63) is 59.4 Å². The van der Waals surface area contributed by atoms with Gasteiger partial charge in [-0.15, -0.1) is 0 Å². The van der Waals surface area contributed by atoms with E-state index in [1.54, 1.807) is 6.21 Å². The molecule has 0 amide bonds. The second kappa shape index (κ2) is 7.16. The van der Waals surface area contributed by atoms with Crippen LogP contribution in [0.25, 0.3) is 0 Å². The molecule has 3 rings (SSSR count). The molecule has 2 aromatic carbocycles. The summed E-state index contributed by atoms with van der Waals surface area (Å²) in [4.78, 5) is 4.35. The third-order valence-corrected chi connectivity index (χ3v) is 5.15. The molecule has 1 saturated carbocycles. The van der Waals surface area contributed by atoms with Crippen LogP contribution in [0.3, 0.4) is 0 Å². The van der Waals surface area contributed by atoms with Crippen molar-refractivity contribution in [1.82, 2.24) is 0 Å². The smallest absolute Gasteiger partial charge is 0.128 e. The quantitative estimate of drug-likeness (QED) is 0.708. The summed E-state index contributed by atoms with van der Waals surface area (Å²) in [7, 11) is 0. The summed E-state index contributed by atoms with van der Waals surface area (Å²) in [5.74, 6) is 0.933. The van der Waals surface area contributed by atoms with Gasteiger partial charge in [0.15, 0.2) is 0 Å². The Balaban J connectivity index is 1.97. The number of nitrogens with zero attached hydrogens (tertiary/aromatic N) is 1. The maximum atomic E-state index is 14.2. The molecule has 0 saturated heterocycles. The molecular formula is C21H24FNO. The van der Waals surface area contributed by atoms with Crippen LogP contribution in [-0.2, 0) is 0 Å². The van der Waals surface area contributed by atoms with Crippen LogP contribution in [0.1, 0.15) is 50.2 Å². The van der Waals surface area contributed by atoms with Crippen molar-refractivity contribution >= 4 is 11.9 Å². The Kier molecular flexibility index (Phi) is 4.98. The van der Waals surface area contributed by atoms with Crippen molar-refractivity contribution in [2.75, 3.05) is 0 Å². The second-order valence-corrected chi connectivity index (χ2v) is 6.94. The number of hydrogen-bond acceptors (Lipinski definition) is 2. The van der Waals surface area contributed by atoms with Gasteiger partial charge in [0, 0.05) is 17.3 Å². The van der Waals surface area contributed by atoms with Crippen LogP contribution >= 0.6 is 0 Å². The van der Waals surface area contributed by atoms with Gasteiger partial charge in [-0.05, 0) is 42.0 Å². The lowest BCUT2D eigenvalue weighted by Gasteiger charge is -2.35. The van der Waals surface area contributed by atoms with Crippen LogP contribution in [0.2, 0.25) is 0 Å². The highest BCUT2D eigenvalue weighted by Gasteiger charge is 2.31. The first-order chi connectivity index (χ1) is 11.6. The molecule has 1 aliphatic rings. The first-order valence-electron chi connectivity index (χ1n) is 8.67. The first-order valence-corrected chi connectivity index (χ1v) is 8.67. The zero-order valence-corrected chi connectivity index (χ0v) is 14.2. The van der Waals surface area contributed by atoms with Gasteiger partial charge in [0.1, 0.15) is 11.6 Å². The third kappa shape index (κ3) is 3.50. The number of hydrogen-bond donors (Lipinski definition) is 1. The molecule has 0 aromatic heterocycles. The van der Waals surface area contributed by atoms with Crippen LogP contribution in [0, 0.1) is 17.7 Å². The average Bonchev–Trinajstić information content (AvgIpc) is 2.57. The molecule has 2 unspecified atom stereocenters. The molecule has 0 spiro atoms. The first kappa shape index (κ1) is 16.7. The van der Waals surface area contributed by atoms with E-state index in [1.165, 1.54) is 18.6 Å². The summed E-state index contributed by atoms with van der Waals surface area (Å²) < 4.78 is 14.2. The molecule has 3 heteroatoms. The van der Waals surface area contributed by atoms with E-state index >= 15 is 0 Å². The number of para-hydroxylation sites is 1. The lowest BCUT2D eigenvalue weighted by molar-refractivity contribution is 0.243. The Hall–Kier alpha value is -2.16. The molecule has 0 bridgehead atoms. The molecular weight excluding hydrogens is 301 g/mol. The number of aromatic hydroxyl groups is 1. The van der Waals surface area contributed by atoms with Crippen molar-refractivity contribution in [2.24, 2.45) is 16.8 Å². The minimum absolute atomic E-state index is 0.168. The predicted octanol–water partition coefficient (Wildman–Crippen LogP) is 5.82. The van der Waals surface area contributed by atoms with E-state index in [0.29, 0.717) is 17.4 Å². The average molecular weight is 325 g/mol. The minimum atomic E-state index is -0.317. The van der Waals surface area contributed by atoms with Gasteiger partial charge in [0.25, 0.3) is 0 Å². The van der Waals surface area contributed by atoms with E-state index in [9.17, 15) is 9.50 Å². The van der Waals surface area contributed by atoms with Crippen molar-refractivity contribution in [1.29, 1.82) is 0 Å². The topological polar surface area (TPSA) is 32.6 Å². The number of rotatable bonds is 3. The van der Waals surface area contributed by atoms with Gasteiger partial charge in [-0.1, -0.05) is 51.3 Å². The van der Waals surface area contributed by atoms with Gasteiger partial charge in [-0.2, -0.15) is 0 Å². The van der Waals surface area contributed by atoms with Gasteiger partial charge in [0.05, 0.1) is 5.69 Å². The van der Waals surface area contributed by atoms with Gasteiger partial charge in [-0.25, -0.2) is 4.39 Å². The highest BCUT2D eigenvalue weighted by atomic mass is 19.1. The summed E-state index contributed by atoms with van der Waals surface area (Å²) in [5.41, 5.74) is 1.95. The molecule has 1 N–H and O–H groups in total. The molecule has 0 radical (unpaired) electrons. The summed E-state index contributed by atoms with van der Waals surface area (Å²) >= 11 is 0. The van der Waals surface area contributed by atoms with E-state index in [4.69, 9.17) is 0 Å². The van der Waals surface area contributed by atoms with E-state index < -0.39 is 0 Å². The summed E-state index contributed by atoms with van der Waals surface area (Å²) in [6.07, 6.45) is 5.00. The molecule has 2 aromatic rings. The maximum absolute atomic E-state index is 14.2. The fourth-order valence-corrected chi connectivity index (χ4v) is 3.95. The van der Waals surface area contributed by atoms with Crippen molar-refractivity contribution < 1.29 is 9.50 Å². The zero-order chi connectivity index (χ0) is 17.1. The van der Waals surface area contributed by atoms with E-state index in [2.05, 4.69) is 18.8 Å². The monoisotopic (exact) mass is 325 g/mol. The highest BCUT2D eigenvalue weighted by Crippen LogP contribution is 2.45. The second-order valence-electron chi connectivity index (χ2n) is 6.94. The molecule has 24 heavy (non-hydrogen) atoms. The fraction of sp³-hybridized carbons (Fsp3) is 0.381. The number of halogens is 1. The zero-order valence-electron chi connectivity index (χ0n) is 14.2. The van der Waals surface area contributed by atoms with Gasteiger partial charge < -0.3 is 5.11 Å². The van der Waals surface area contributed by atoms with Crippen LogP contribution in [0.5, 0.6) is 5.75 Å². The van der Waals surface area contributed by atoms with Crippen molar-refractivity contribution in [3.8, 4) is 5.75 Å². The molecule has 0 heterocycles. The Labute approximate surface area is 143 Å². The number of phenols is 1. The molecule has 126 valence electrons. The third-order valence-electron chi connectivity index (χ3n) is 5.15. The van der Waals surface area contributed by atoms with E-state index in [-0.39, 0.29) is 17.5 Å². The maximum Gasteiger partial charge on any atom is 0.128 e. The summed E-state index contributed by atoms with van der Waals surface area (Å²) in [6, 6.07) is 12.3. The molecule has 0 aliphatic heterocycles. The number of phenolic OH excluding ortho intramolecular Hbond substituents is 1. The predicted molar refractivity (Wildman–Crippen MR) is 96.7 cm³/mol. The normalized spacial score (nSPS) is 24.4. The number of benzene rings is 2. The SMILES string of the molecule is CC1CCCC(C)C1c1cc(F)cc(C=Nc2ccccc2)c1O. The van der Waals surface area contributed by atoms with E-state index in [0.717, 1.165) is 24.1 Å².